The van der Waals surface area contributed by atoms with Crippen molar-refractivity contribution in [1.82, 2.24) is 14.8 Å². The average Bonchev–Trinajstić information content (AvgIpc) is 2.68. The number of nitrogens with zero attached hydrogens (tertiary/aromatic N) is 4. The van der Waals surface area contributed by atoms with E-state index in [2.05, 4.69) is 36.0 Å². The van der Waals surface area contributed by atoms with Crippen molar-refractivity contribution in [2.24, 2.45) is 0 Å². The van der Waals surface area contributed by atoms with Gasteiger partial charge in [0.15, 0.2) is 0 Å². The molecule has 0 atom stereocenters. The molecule has 7 nitrogen and oxygen atoms in total. The molecule has 2 aromatic rings. The molecule has 3 rings (SSSR count). The molecule has 0 saturated carbocycles. The topological polar surface area (TPSA) is 68.8 Å². The number of amides is 2. The zero-order chi connectivity index (χ0) is 20.1. The molecule has 1 saturated heterocycles. The van der Waals surface area contributed by atoms with Gasteiger partial charge in [-0.15, -0.1) is 0 Å². The van der Waals surface area contributed by atoms with Crippen molar-refractivity contribution in [2.75, 3.05) is 57.0 Å². The number of halogens is 1. The van der Waals surface area contributed by atoms with E-state index in [0.29, 0.717) is 17.8 Å². The van der Waals surface area contributed by atoms with Crippen LogP contribution in [-0.4, -0.2) is 73.4 Å². The highest BCUT2D eigenvalue weighted by atomic mass is 79.9. The first-order valence-corrected chi connectivity index (χ1v) is 9.92. The molecule has 148 valence electrons. The molecule has 1 N–H and O–H groups in total. The molecule has 0 aliphatic carbocycles. The minimum absolute atomic E-state index is 0.0790. The first-order valence-electron chi connectivity index (χ1n) is 9.13. The summed E-state index contributed by atoms with van der Waals surface area (Å²) in [7, 11) is 3.41. The summed E-state index contributed by atoms with van der Waals surface area (Å²) >= 11 is 3.40. The number of pyridine rings is 1. The summed E-state index contributed by atoms with van der Waals surface area (Å²) in [6.07, 6.45) is 1.80. The number of rotatable bonds is 5. The summed E-state index contributed by atoms with van der Waals surface area (Å²) in [5.41, 5.74) is 1.19. The molecule has 1 aliphatic heterocycles. The number of hydrogen-bond acceptors (Lipinski definition) is 5. The van der Waals surface area contributed by atoms with E-state index in [1.54, 1.807) is 44.6 Å². The molecule has 1 aromatic carbocycles. The third-order valence-electron chi connectivity index (χ3n) is 4.57. The predicted molar refractivity (Wildman–Crippen MR) is 114 cm³/mol. The number of piperazine rings is 1. The van der Waals surface area contributed by atoms with Crippen LogP contribution in [0.3, 0.4) is 0 Å². The SMILES string of the molecule is CN(C)C(=O)c1cccc(NC(=O)CN2CCN(c3ccc(Br)cn3)CC2)c1. The fourth-order valence-electron chi connectivity index (χ4n) is 3.08. The molecule has 1 aliphatic rings. The Labute approximate surface area is 173 Å². The van der Waals surface area contributed by atoms with Crippen LogP contribution in [0, 0.1) is 0 Å². The molecule has 0 radical (unpaired) electrons. The maximum absolute atomic E-state index is 12.4. The van der Waals surface area contributed by atoms with Gasteiger partial charge in [0.05, 0.1) is 6.54 Å². The van der Waals surface area contributed by atoms with E-state index in [9.17, 15) is 9.59 Å². The van der Waals surface area contributed by atoms with E-state index in [4.69, 9.17) is 0 Å². The van der Waals surface area contributed by atoms with Crippen LogP contribution in [0.4, 0.5) is 11.5 Å². The van der Waals surface area contributed by atoms with Crippen molar-refractivity contribution < 1.29 is 9.59 Å². The fraction of sp³-hybridized carbons (Fsp3) is 0.350. The highest BCUT2D eigenvalue weighted by Gasteiger charge is 2.20. The number of aromatic nitrogens is 1. The quantitative estimate of drug-likeness (QED) is 0.764. The summed E-state index contributed by atoms with van der Waals surface area (Å²) in [5, 5.41) is 2.89. The van der Waals surface area contributed by atoms with Crippen molar-refractivity contribution in [1.29, 1.82) is 0 Å². The van der Waals surface area contributed by atoms with Crippen LogP contribution in [0.5, 0.6) is 0 Å². The Morgan fingerprint density at radius 1 is 1.14 bits per heavy atom. The lowest BCUT2D eigenvalue weighted by Gasteiger charge is -2.35. The molecule has 2 heterocycles. The third-order valence-corrected chi connectivity index (χ3v) is 5.04. The minimum Gasteiger partial charge on any atom is -0.354 e. The Balaban J connectivity index is 1.50. The molecule has 1 fully saturated rings. The zero-order valence-electron chi connectivity index (χ0n) is 16.1. The third kappa shape index (κ3) is 5.30. The highest BCUT2D eigenvalue weighted by molar-refractivity contribution is 9.10. The first-order chi connectivity index (χ1) is 13.4. The van der Waals surface area contributed by atoms with Gasteiger partial charge in [-0.2, -0.15) is 0 Å². The largest absolute Gasteiger partial charge is 0.354 e. The smallest absolute Gasteiger partial charge is 0.253 e. The maximum atomic E-state index is 12.4. The Hall–Kier alpha value is -2.45. The van der Waals surface area contributed by atoms with Crippen LogP contribution in [0.1, 0.15) is 10.4 Å². The van der Waals surface area contributed by atoms with Gasteiger partial charge in [-0.1, -0.05) is 6.07 Å². The van der Waals surface area contributed by atoms with Crippen LogP contribution in [-0.2, 0) is 4.79 Å². The molecule has 0 bridgehead atoms. The molecule has 2 amide bonds. The molecular formula is C20H24BrN5O2. The van der Waals surface area contributed by atoms with Crippen LogP contribution in [0.15, 0.2) is 47.1 Å². The van der Waals surface area contributed by atoms with E-state index in [-0.39, 0.29) is 11.8 Å². The second kappa shape index (κ2) is 9.16. The Morgan fingerprint density at radius 3 is 2.54 bits per heavy atom. The molecule has 8 heteroatoms. The van der Waals surface area contributed by atoms with Crippen LogP contribution >= 0.6 is 15.9 Å². The Kier molecular flexibility index (Phi) is 6.64. The van der Waals surface area contributed by atoms with Gasteiger partial charge in [-0.25, -0.2) is 4.98 Å². The van der Waals surface area contributed by atoms with Gasteiger partial charge in [-0.05, 0) is 46.3 Å². The van der Waals surface area contributed by atoms with Gasteiger partial charge < -0.3 is 15.1 Å². The second-order valence-corrected chi connectivity index (χ2v) is 7.84. The van der Waals surface area contributed by atoms with Gasteiger partial charge in [0.2, 0.25) is 5.91 Å². The number of nitrogens with one attached hydrogen (secondary N) is 1. The second-order valence-electron chi connectivity index (χ2n) is 6.93. The first kappa shape index (κ1) is 20.3. The molecular weight excluding hydrogens is 422 g/mol. The van der Waals surface area contributed by atoms with Crippen molar-refractivity contribution in [3.05, 3.63) is 52.6 Å². The van der Waals surface area contributed by atoms with Gasteiger partial charge >= 0.3 is 0 Å². The van der Waals surface area contributed by atoms with Crippen LogP contribution < -0.4 is 10.2 Å². The Morgan fingerprint density at radius 2 is 1.89 bits per heavy atom. The van der Waals surface area contributed by atoms with Crippen molar-refractivity contribution >= 4 is 39.2 Å². The normalized spacial score (nSPS) is 14.6. The number of carbonyl (C=O) groups is 2. The van der Waals surface area contributed by atoms with Gasteiger partial charge in [0.25, 0.3) is 5.91 Å². The highest BCUT2D eigenvalue weighted by Crippen LogP contribution is 2.17. The lowest BCUT2D eigenvalue weighted by Crippen LogP contribution is -2.48. The number of carbonyl (C=O) groups excluding carboxylic acids is 2. The lowest BCUT2D eigenvalue weighted by molar-refractivity contribution is -0.117. The summed E-state index contributed by atoms with van der Waals surface area (Å²) in [4.78, 5) is 34.8. The van der Waals surface area contributed by atoms with Crippen molar-refractivity contribution in [2.45, 2.75) is 0 Å². The van der Waals surface area contributed by atoms with Gasteiger partial charge in [0.1, 0.15) is 5.82 Å². The van der Waals surface area contributed by atoms with Crippen LogP contribution in [0.25, 0.3) is 0 Å². The van der Waals surface area contributed by atoms with Gasteiger partial charge in [-0.3, -0.25) is 14.5 Å². The number of benzene rings is 1. The van der Waals surface area contributed by atoms with E-state index >= 15 is 0 Å². The minimum atomic E-state index is -0.0891. The summed E-state index contributed by atoms with van der Waals surface area (Å²) in [6.45, 7) is 3.57. The van der Waals surface area contributed by atoms with E-state index in [0.717, 1.165) is 36.5 Å². The van der Waals surface area contributed by atoms with Gasteiger partial charge in [0, 0.05) is 62.2 Å². The molecule has 1 aromatic heterocycles. The van der Waals surface area contributed by atoms with E-state index in [1.807, 2.05) is 12.1 Å². The Bertz CT molecular complexity index is 833. The summed E-state index contributed by atoms with van der Waals surface area (Å²) in [5.74, 6) is 0.785. The maximum Gasteiger partial charge on any atom is 0.253 e. The standard InChI is InChI=1S/C20H24BrN5O2/c1-24(2)20(28)15-4-3-5-17(12-15)23-19(27)14-25-8-10-26(11-9-25)18-7-6-16(21)13-22-18/h3-7,12-13H,8-11,14H2,1-2H3,(H,23,27). The summed E-state index contributed by atoms with van der Waals surface area (Å²) < 4.78 is 0.961. The fourth-order valence-corrected chi connectivity index (χ4v) is 3.32. The van der Waals surface area contributed by atoms with Crippen LogP contribution in [0.2, 0.25) is 0 Å². The summed E-state index contributed by atoms with van der Waals surface area (Å²) in [6, 6.07) is 11.0. The molecule has 0 spiro atoms. The van der Waals surface area contributed by atoms with E-state index < -0.39 is 0 Å². The average molecular weight is 446 g/mol. The zero-order valence-corrected chi connectivity index (χ0v) is 17.6. The molecule has 28 heavy (non-hydrogen) atoms. The van der Waals surface area contributed by atoms with Crippen molar-refractivity contribution in [3.8, 4) is 0 Å². The predicted octanol–water partition coefficient (Wildman–Crippen LogP) is 2.31. The lowest BCUT2D eigenvalue weighted by atomic mass is 10.2. The van der Waals surface area contributed by atoms with Crippen molar-refractivity contribution in [3.63, 3.8) is 0 Å². The number of hydrogen-bond donors (Lipinski definition) is 1. The van der Waals surface area contributed by atoms with E-state index in [1.165, 1.54) is 4.90 Å². The number of anilines is 2. The monoisotopic (exact) mass is 445 g/mol. The molecule has 0 unspecified atom stereocenters.